The van der Waals surface area contributed by atoms with Crippen LogP contribution in [0.2, 0.25) is 0 Å². The lowest BCUT2D eigenvalue weighted by Crippen LogP contribution is -2.17. The second-order valence-electron chi connectivity index (χ2n) is 5.01. The first-order valence-corrected chi connectivity index (χ1v) is 7.54. The fraction of sp³-hybridized carbons (Fsp3) is 0.133. The highest BCUT2D eigenvalue weighted by Crippen LogP contribution is 2.29. The van der Waals surface area contributed by atoms with Crippen molar-refractivity contribution in [2.24, 2.45) is 0 Å². The fourth-order valence-electron chi connectivity index (χ4n) is 2.22. The van der Waals surface area contributed by atoms with Crippen LogP contribution in [0.5, 0.6) is 0 Å². The molecule has 0 aliphatic heterocycles. The number of nitrogens with one attached hydrogen (secondary N) is 1. The van der Waals surface area contributed by atoms with Crippen molar-refractivity contribution in [2.75, 3.05) is 5.32 Å². The third-order valence-electron chi connectivity index (χ3n) is 3.30. The SMILES string of the molecule is Cc1nc2ccc(Br)cn2c1C(=O)Nc1ccc(C(F)(F)F)cn1. The van der Waals surface area contributed by atoms with E-state index in [0.29, 0.717) is 17.5 Å². The van der Waals surface area contributed by atoms with E-state index in [9.17, 15) is 18.0 Å². The monoisotopic (exact) mass is 398 g/mol. The van der Waals surface area contributed by atoms with E-state index in [1.54, 1.807) is 29.7 Å². The van der Waals surface area contributed by atoms with Gasteiger partial charge in [-0.1, -0.05) is 0 Å². The largest absolute Gasteiger partial charge is 0.417 e. The number of carbonyl (C=O) groups excluding carboxylic acids is 1. The number of carbonyl (C=O) groups is 1. The molecule has 1 amide bonds. The molecule has 3 aromatic heterocycles. The Morgan fingerprint density at radius 1 is 1.25 bits per heavy atom. The Kier molecular flexibility index (Phi) is 4.04. The number of fused-ring (bicyclic) bond motifs is 1. The van der Waals surface area contributed by atoms with E-state index in [-0.39, 0.29) is 11.5 Å². The van der Waals surface area contributed by atoms with E-state index in [1.165, 1.54) is 0 Å². The molecule has 3 aromatic rings. The number of pyridine rings is 2. The van der Waals surface area contributed by atoms with Gasteiger partial charge in [-0.05, 0) is 47.1 Å². The van der Waals surface area contributed by atoms with Crippen molar-refractivity contribution in [3.05, 3.63) is 58.1 Å². The maximum Gasteiger partial charge on any atom is 0.417 e. The number of rotatable bonds is 2. The highest BCUT2D eigenvalue weighted by atomic mass is 79.9. The molecule has 0 atom stereocenters. The number of nitrogens with zero attached hydrogens (tertiary/aromatic N) is 3. The average molecular weight is 399 g/mol. The van der Waals surface area contributed by atoms with E-state index in [0.717, 1.165) is 16.6 Å². The molecule has 0 aliphatic carbocycles. The van der Waals surface area contributed by atoms with Gasteiger partial charge in [-0.3, -0.25) is 9.20 Å². The third kappa shape index (κ3) is 3.12. The summed E-state index contributed by atoms with van der Waals surface area (Å²) in [7, 11) is 0. The zero-order valence-corrected chi connectivity index (χ0v) is 13.8. The predicted molar refractivity (Wildman–Crippen MR) is 84.8 cm³/mol. The van der Waals surface area contributed by atoms with Crippen LogP contribution in [0, 0.1) is 6.92 Å². The van der Waals surface area contributed by atoms with Crippen LogP contribution in [0.3, 0.4) is 0 Å². The molecule has 0 spiro atoms. The molecule has 1 N–H and O–H groups in total. The van der Waals surface area contributed by atoms with Gasteiger partial charge in [0.05, 0.1) is 11.3 Å². The van der Waals surface area contributed by atoms with Crippen LogP contribution >= 0.6 is 15.9 Å². The van der Waals surface area contributed by atoms with Crippen LogP contribution < -0.4 is 5.32 Å². The molecule has 0 saturated heterocycles. The van der Waals surface area contributed by atoms with Crippen LogP contribution in [0.15, 0.2) is 41.1 Å². The summed E-state index contributed by atoms with van der Waals surface area (Å²) in [6, 6.07) is 5.50. The molecule has 9 heteroatoms. The van der Waals surface area contributed by atoms with E-state index >= 15 is 0 Å². The maximum atomic E-state index is 12.5. The second kappa shape index (κ2) is 5.90. The Hall–Kier alpha value is -2.42. The van der Waals surface area contributed by atoms with Crippen molar-refractivity contribution in [1.82, 2.24) is 14.4 Å². The number of aryl methyl sites for hydroxylation is 1. The molecule has 3 rings (SSSR count). The maximum absolute atomic E-state index is 12.5. The lowest BCUT2D eigenvalue weighted by molar-refractivity contribution is -0.137. The molecule has 0 fully saturated rings. The van der Waals surface area contributed by atoms with Gasteiger partial charge in [0.1, 0.15) is 17.2 Å². The molecule has 24 heavy (non-hydrogen) atoms. The van der Waals surface area contributed by atoms with E-state index in [2.05, 4.69) is 31.2 Å². The fourth-order valence-corrected chi connectivity index (χ4v) is 2.56. The minimum Gasteiger partial charge on any atom is -0.305 e. The predicted octanol–water partition coefficient (Wildman–Crippen LogP) is 4.07. The summed E-state index contributed by atoms with van der Waals surface area (Å²) in [6.45, 7) is 1.68. The van der Waals surface area contributed by atoms with E-state index in [1.807, 2.05) is 0 Å². The molecule has 0 aromatic carbocycles. The number of aromatic nitrogens is 3. The average Bonchev–Trinajstić information content (AvgIpc) is 2.82. The Morgan fingerprint density at radius 3 is 2.62 bits per heavy atom. The number of anilines is 1. The van der Waals surface area contributed by atoms with Crippen molar-refractivity contribution in [3.63, 3.8) is 0 Å². The van der Waals surface area contributed by atoms with Gasteiger partial charge in [-0.25, -0.2) is 9.97 Å². The minimum atomic E-state index is -4.47. The zero-order valence-electron chi connectivity index (χ0n) is 12.2. The first kappa shape index (κ1) is 16.4. The third-order valence-corrected chi connectivity index (χ3v) is 3.77. The van der Waals surface area contributed by atoms with Crippen LogP contribution in [0.1, 0.15) is 21.7 Å². The zero-order chi connectivity index (χ0) is 17.5. The Bertz CT molecular complexity index is 919. The molecular weight excluding hydrogens is 389 g/mol. The Morgan fingerprint density at radius 2 is 2.00 bits per heavy atom. The molecule has 0 radical (unpaired) electrons. The van der Waals surface area contributed by atoms with Gasteiger partial charge < -0.3 is 5.32 Å². The molecule has 5 nitrogen and oxygen atoms in total. The minimum absolute atomic E-state index is 0.0253. The first-order valence-electron chi connectivity index (χ1n) is 6.74. The first-order chi connectivity index (χ1) is 11.3. The highest BCUT2D eigenvalue weighted by Gasteiger charge is 2.30. The molecule has 3 heterocycles. The molecular formula is C15H10BrF3N4O. The summed E-state index contributed by atoms with van der Waals surface area (Å²) in [5, 5.41) is 2.48. The smallest absolute Gasteiger partial charge is 0.305 e. The van der Waals surface area contributed by atoms with Crippen molar-refractivity contribution in [2.45, 2.75) is 13.1 Å². The summed E-state index contributed by atoms with van der Waals surface area (Å²) in [5.41, 5.74) is 0.488. The van der Waals surface area contributed by atoms with Crippen molar-refractivity contribution in [3.8, 4) is 0 Å². The molecule has 0 aliphatic rings. The van der Waals surface area contributed by atoms with Crippen LogP contribution in [0.4, 0.5) is 19.0 Å². The Labute approximate surface area is 142 Å². The molecule has 0 unspecified atom stereocenters. The van der Waals surface area contributed by atoms with E-state index in [4.69, 9.17) is 0 Å². The number of hydrogen-bond acceptors (Lipinski definition) is 3. The number of amides is 1. The molecule has 0 bridgehead atoms. The van der Waals surface area contributed by atoms with Gasteiger partial charge in [0.15, 0.2) is 0 Å². The molecule has 124 valence electrons. The van der Waals surface area contributed by atoms with Gasteiger partial charge in [-0.15, -0.1) is 0 Å². The summed E-state index contributed by atoms with van der Waals surface area (Å²) in [4.78, 5) is 20.4. The Balaban J connectivity index is 1.90. The number of alkyl halides is 3. The van der Waals surface area contributed by atoms with Gasteiger partial charge in [0.25, 0.3) is 5.91 Å². The van der Waals surface area contributed by atoms with Crippen LogP contribution in [-0.4, -0.2) is 20.3 Å². The number of halogens is 4. The quantitative estimate of drug-likeness (QED) is 0.707. The highest BCUT2D eigenvalue weighted by molar-refractivity contribution is 9.10. The summed E-state index contributed by atoms with van der Waals surface area (Å²) in [6.07, 6.45) is -2.11. The lowest BCUT2D eigenvalue weighted by atomic mass is 10.2. The van der Waals surface area contributed by atoms with Crippen molar-refractivity contribution >= 4 is 33.3 Å². The van der Waals surface area contributed by atoms with Crippen LogP contribution in [-0.2, 0) is 6.18 Å². The van der Waals surface area contributed by atoms with Gasteiger partial charge in [0.2, 0.25) is 0 Å². The normalized spacial score (nSPS) is 11.7. The standard InChI is InChI=1S/C15H10BrF3N4O/c1-8-13(23-7-10(16)3-5-12(23)21-8)14(24)22-11-4-2-9(6-20-11)15(17,18)19/h2-7H,1H3,(H,20,22,24). The molecule has 0 saturated carbocycles. The van der Waals surface area contributed by atoms with Crippen LogP contribution in [0.25, 0.3) is 5.65 Å². The number of imidazole rings is 1. The lowest BCUT2D eigenvalue weighted by Gasteiger charge is -2.08. The van der Waals surface area contributed by atoms with Gasteiger partial charge in [0, 0.05) is 16.9 Å². The van der Waals surface area contributed by atoms with Gasteiger partial charge >= 0.3 is 6.18 Å². The van der Waals surface area contributed by atoms with Gasteiger partial charge in [-0.2, -0.15) is 13.2 Å². The summed E-state index contributed by atoms with van der Waals surface area (Å²) in [5.74, 6) is -0.484. The number of hydrogen-bond donors (Lipinski definition) is 1. The topological polar surface area (TPSA) is 59.3 Å². The summed E-state index contributed by atoms with van der Waals surface area (Å²) < 4.78 is 39.9. The second-order valence-corrected chi connectivity index (χ2v) is 5.92. The van der Waals surface area contributed by atoms with Crippen molar-refractivity contribution < 1.29 is 18.0 Å². The van der Waals surface area contributed by atoms with Crippen molar-refractivity contribution in [1.29, 1.82) is 0 Å². The summed E-state index contributed by atoms with van der Waals surface area (Å²) >= 11 is 3.32. The van der Waals surface area contributed by atoms with E-state index < -0.39 is 17.6 Å².